The molecule has 0 unspecified atom stereocenters. The third-order valence-electron chi connectivity index (χ3n) is 1.45. The third-order valence-corrected chi connectivity index (χ3v) is 1.45. The fourth-order valence-electron chi connectivity index (χ4n) is 0.809. The lowest BCUT2D eigenvalue weighted by atomic mass is 10.3. The Morgan fingerprint density at radius 2 is 1.92 bits per heavy atom. The molecule has 0 saturated heterocycles. The lowest BCUT2D eigenvalue weighted by Gasteiger charge is -2.07. The van der Waals surface area contributed by atoms with E-state index in [1.807, 2.05) is 0 Å². The lowest BCUT2D eigenvalue weighted by molar-refractivity contribution is 0.0693. The molecular weight excluding hydrogens is 154 g/mol. The monoisotopic (exact) mass is 175 g/mol. The van der Waals surface area contributed by atoms with Crippen LogP contribution in [0.1, 0.15) is 20.3 Å². The molecule has 12 heavy (non-hydrogen) atoms. The van der Waals surface area contributed by atoms with Gasteiger partial charge in [0.15, 0.2) is 0 Å². The molecule has 0 aliphatic carbocycles. The highest BCUT2D eigenvalue weighted by molar-refractivity contribution is 4.51. The average molecular weight is 175 g/mol. The van der Waals surface area contributed by atoms with Gasteiger partial charge in [-0.3, -0.25) is 0 Å². The Morgan fingerprint density at radius 3 is 2.50 bits per heavy atom. The molecular formula is C9H21NO2. The highest BCUT2D eigenvalue weighted by Crippen LogP contribution is 1.83. The molecule has 0 saturated carbocycles. The molecule has 0 aromatic carbocycles. The van der Waals surface area contributed by atoms with Crippen molar-refractivity contribution in [3.05, 3.63) is 0 Å². The zero-order valence-electron chi connectivity index (χ0n) is 8.43. The highest BCUT2D eigenvalue weighted by atomic mass is 16.5. The summed E-state index contributed by atoms with van der Waals surface area (Å²) in [6, 6.07) is 0.573. The second kappa shape index (κ2) is 8.97. The van der Waals surface area contributed by atoms with E-state index in [2.05, 4.69) is 19.2 Å². The van der Waals surface area contributed by atoms with E-state index in [1.54, 1.807) is 7.11 Å². The largest absolute Gasteiger partial charge is 0.382 e. The van der Waals surface area contributed by atoms with Crippen LogP contribution >= 0.6 is 0 Å². The van der Waals surface area contributed by atoms with Crippen molar-refractivity contribution in [3.63, 3.8) is 0 Å². The van der Waals surface area contributed by atoms with Gasteiger partial charge in [0.05, 0.1) is 13.2 Å². The first-order valence-corrected chi connectivity index (χ1v) is 4.57. The van der Waals surface area contributed by atoms with Crippen LogP contribution in [0.25, 0.3) is 0 Å². The minimum atomic E-state index is 0.573. The summed E-state index contributed by atoms with van der Waals surface area (Å²) in [5.41, 5.74) is 0. The van der Waals surface area contributed by atoms with Crippen LogP contribution in [-0.2, 0) is 9.47 Å². The van der Waals surface area contributed by atoms with Crippen molar-refractivity contribution in [2.45, 2.75) is 26.3 Å². The van der Waals surface area contributed by atoms with E-state index in [9.17, 15) is 0 Å². The number of ether oxygens (including phenoxy) is 2. The van der Waals surface area contributed by atoms with Crippen LogP contribution in [0.5, 0.6) is 0 Å². The lowest BCUT2D eigenvalue weighted by Crippen LogP contribution is -2.24. The van der Waals surface area contributed by atoms with Crippen LogP contribution in [0.3, 0.4) is 0 Å². The van der Waals surface area contributed by atoms with E-state index in [0.717, 1.165) is 19.6 Å². The first-order valence-electron chi connectivity index (χ1n) is 4.57. The summed E-state index contributed by atoms with van der Waals surface area (Å²) in [4.78, 5) is 0. The van der Waals surface area contributed by atoms with Crippen LogP contribution in [0, 0.1) is 0 Å². The second-order valence-electron chi connectivity index (χ2n) is 3.07. The standard InChI is InChI=1S/C9H21NO2/c1-9(2)10-5-4-6-12-8-7-11-3/h9-10H,4-8H2,1-3H3. The summed E-state index contributed by atoms with van der Waals surface area (Å²) in [7, 11) is 1.68. The van der Waals surface area contributed by atoms with Gasteiger partial charge in [0, 0.05) is 19.8 Å². The van der Waals surface area contributed by atoms with Gasteiger partial charge in [-0.05, 0) is 13.0 Å². The van der Waals surface area contributed by atoms with Gasteiger partial charge >= 0.3 is 0 Å². The molecule has 0 aromatic heterocycles. The zero-order valence-corrected chi connectivity index (χ0v) is 8.43. The van der Waals surface area contributed by atoms with Crippen molar-refractivity contribution in [2.24, 2.45) is 0 Å². The van der Waals surface area contributed by atoms with E-state index in [1.165, 1.54) is 0 Å². The Labute approximate surface area is 75.4 Å². The first-order chi connectivity index (χ1) is 5.77. The summed E-state index contributed by atoms with van der Waals surface area (Å²) >= 11 is 0. The molecule has 0 atom stereocenters. The maximum atomic E-state index is 5.29. The quantitative estimate of drug-likeness (QED) is 0.559. The Morgan fingerprint density at radius 1 is 1.17 bits per heavy atom. The van der Waals surface area contributed by atoms with Crippen molar-refractivity contribution >= 4 is 0 Å². The number of methoxy groups -OCH3 is 1. The Bertz CT molecular complexity index is 86.6. The van der Waals surface area contributed by atoms with E-state index in [-0.39, 0.29) is 0 Å². The fourth-order valence-corrected chi connectivity index (χ4v) is 0.809. The Hall–Kier alpha value is -0.120. The zero-order chi connectivity index (χ0) is 9.23. The maximum absolute atomic E-state index is 5.29. The normalized spacial score (nSPS) is 11.0. The van der Waals surface area contributed by atoms with Gasteiger partial charge in [-0.1, -0.05) is 13.8 Å². The molecule has 74 valence electrons. The smallest absolute Gasteiger partial charge is 0.0700 e. The van der Waals surface area contributed by atoms with Crippen molar-refractivity contribution in [1.29, 1.82) is 0 Å². The van der Waals surface area contributed by atoms with Gasteiger partial charge in [0.2, 0.25) is 0 Å². The molecule has 0 aromatic rings. The topological polar surface area (TPSA) is 30.5 Å². The molecule has 0 bridgehead atoms. The molecule has 0 aliphatic heterocycles. The summed E-state index contributed by atoms with van der Waals surface area (Å²) in [5, 5.41) is 3.33. The van der Waals surface area contributed by atoms with Gasteiger partial charge in [-0.2, -0.15) is 0 Å². The maximum Gasteiger partial charge on any atom is 0.0700 e. The summed E-state index contributed by atoms with van der Waals surface area (Å²) in [5.74, 6) is 0. The molecule has 3 nitrogen and oxygen atoms in total. The number of hydrogen-bond acceptors (Lipinski definition) is 3. The molecule has 0 aliphatic rings. The van der Waals surface area contributed by atoms with E-state index in [4.69, 9.17) is 9.47 Å². The number of nitrogens with one attached hydrogen (secondary N) is 1. The predicted molar refractivity (Wildman–Crippen MR) is 50.5 cm³/mol. The van der Waals surface area contributed by atoms with Crippen molar-refractivity contribution < 1.29 is 9.47 Å². The molecule has 0 fully saturated rings. The summed E-state index contributed by atoms with van der Waals surface area (Å²) < 4.78 is 10.1. The van der Waals surface area contributed by atoms with Crippen molar-refractivity contribution in [2.75, 3.05) is 33.5 Å². The second-order valence-corrected chi connectivity index (χ2v) is 3.07. The fraction of sp³-hybridized carbons (Fsp3) is 1.00. The van der Waals surface area contributed by atoms with Crippen LogP contribution in [-0.4, -0.2) is 39.5 Å². The first kappa shape index (κ1) is 11.9. The molecule has 0 spiro atoms. The minimum absolute atomic E-state index is 0.573. The van der Waals surface area contributed by atoms with Crippen LogP contribution in [0.4, 0.5) is 0 Å². The Kier molecular flexibility index (Phi) is 8.88. The molecule has 0 heterocycles. The van der Waals surface area contributed by atoms with Gasteiger partial charge in [-0.25, -0.2) is 0 Å². The van der Waals surface area contributed by atoms with E-state index in [0.29, 0.717) is 19.3 Å². The van der Waals surface area contributed by atoms with Crippen molar-refractivity contribution in [1.82, 2.24) is 5.32 Å². The van der Waals surface area contributed by atoms with Gasteiger partial charge in [0.1, 0.15) is 0 Å². The molecule has 0 rings (SSSR count). The number of hydrogen-bond donors (Lipinski definition) is 1. The minimum Gasteiger partial charge on any atom is -0.382 e. The molecule has 0 radical (unpaired) electrons. The van der Waals surface area contributed by atoms with Gasteiger partial charge in [-0.15, -0.1) is 0 Å². The van der Waals surface area contributed by atoms with Crippen molar-refractivity contribution in [3.8, 4) is 0 Å². The molecule has 1 N–H and O–H groups in total. The highest BCUT2D eigenvalue weighted by Gasteiger charge is 1.91. The van der Waals surface area contributed by atoms with E-state index >= 15 is 0 Å². The SMILES string of the molecule is COCCOCCCNC(C)C. The Balaban J connectivity index is 2.82. The average Bonchev–Trinajstić information content (AvgIpc) is 2.02. The van der Waals surface area contributed by atoms with Gasteiger partial charge in [0.25, 0.3) is 0 Å². The van der Waals surface area contributed by atoms with Crippen LogP contribution in [0.2, 0.25) is 0 Å². The number of rotatable bonds is 8. The summed E-state index contributed by atoms with van der Waals surface area (Å²) in [6.07, 6.45) is 1.07. The molecule has 3 heteroatoms. The third kappa shape index (κ3) is 9.88. The van der Waals surface area contributed by atoms with Gasteiger partial charge < -0.3 is 14.8 Å². The molecule has 0 amide bonds. The van der Waals surface area contributed by atoms with Crippen LogP contribution < -0.4 is 5.32 Å². The predicted octanol–water partition coefficient (Wildman–Crippen LogP) is 1.04. The van der Waals surface area contributed by atoms with Crippen LogP contribution in [0.15, 0.2) is 0 Å². The summed E-state index contributed by atoms with van der Waals surface area (Å²) in [6.45, 7) is 7.54. The van der Waals surface area contributed by atoms with E-state index < -0.39 is 0 Å².